The van der Waals surface area contributed by atoms with Crippen LogP contribution in [0.2, 0.25) is 0 Å². The second-order valence-corrected chi connectivity index (χ2v) is 4.00. The van der Waals surface area contributed by atoms with E-state index in [2.05, 4.69) is 5.32 Å². The van der Waals surface area contributed by atoms with Crippen LogP contribution in [-0.2, 0) is 14.3 Å². The van der Waals surface area contributed by atoms with Crippen molar-refractivity contribution < 1.29 is 45.0 Å². The molecule has 0 aromatic heterocycles. The van der Waals surface area contributed by atoms with Gasteiger partial charge in [-0.1, -0.05) is 0 Å². The monoisotopic (exact) mass is 297 g/mol. The van der Waals surface area contributed by atoms with E-state index in [-0.39, 0.29) is 0 Å². The molecule has 0 bridgehead atoms. The van der Waals surface area contributed by atoms with Gasteiger partial charge in [-0.2, -0.15) is 0 Å². The second-order valence-electron chi connectivity index (χ2n) is 4.00. The number of aliphatic hydroxyl groups excluding tert-OH is 5. The summed E-state index contributed by atoms with van der Waals surface area (Å²) in [5.41, 5.74) is 0. The van der Waals surface area contributed by atoms with Gasteiger partial charge in [-0.25, -0.2) is 0 Å². The predicted molar refractivity (Wildman–Crippen MR) is 62.3 cm³/mol. The molecule has 1 unspecified atom stereocenters. The zero-order chi connectivity index (χ0) is 15.9. The van der Waals surface area contributed by atoms with Crippen molar-refractivity contribution in [2.75, 3.05) is 13.2 Å². The number of aliphatic carboxylic acids is 1. The number of aliphatic hydroxyl groups is 5. The van der Waals surface area contributed by atoms with E-state index in [1.807, 2.05) is 0 Å². The lowest BCUT2D eigenvalue weighted by Gasteiger charge is -2.40. The predicted octanol–water partition coefficient (Wildman–Crippen LogP) is -4.01. The third-order valence-corrected chi connectivity index (χ3v) is 2.37. The van der Waals surface area contributed by atoms with Crippen molar-refractivity contribution in [1.82, 2.24) is 5.32 Å². The molecule has 7 N–H and O–H groups in total. The van der Waals surface area contributed by atoms with Crippen molar-refractivity contribution in [3.05, 3.63) is 0 Å². The highest BCUT2D eigenvalue weighted by Crippen LogP contribution is 2.19. The van der Waals surface area contributed by atoms with Gasteiger partial charge in [0.15, 0.2) is 6.29 Å². The Morgan fingerprint density at radius 1 is 1.15 bits per heavy atom. The van der Waals surface area contributed by atoms with Crippen LogP contribution in [0.4, 0.5) is 0 Å². The number of ether oxygens (including phenoxy) is 1. The number of hydrogen-bond donors (Lipinski definition) is 7. The van der Waals surface area contributed by atoms with Crippen LogP contribution in [-0.4, -0.2) is 86.4 Å². The molecule has 1 saturated heterocycles. The number of nitrogens with one attached hydrogen (secondary N) is 1. The Morgan fingerprint density at radius 3 is 2.05 bits per heavy atom. The molecule has 1 fully saturated rings. The number of carboxylic acid groups (broad SMARTS) is 1. The highest BCUT2D eigenvalue weighted by Gasteiger charge is 2.44. The lowest BCUT2D eigenvalue weighted by Crippen LogP contribution is -2.64. The first-order chi connectivity index (χ1) is 9.24. The molecule has 118 valence electrons. The summed E-state index contributed by atoms with van der Waals surface area (Å²) < 4.78 is 4.78. The largest absolute Gasteiger partial charge is 0.481 e. The summed E-state index contributed by atoms with van der Waals surface area (Å²) in [5, 5.41) is 55.2. The van der Waals surface area contributed by atoms with Crippen LogP contribution in [0.15, 0.2) is 0 Å². The van der Waals surface area contributed by atoms with Crippen molar-refractivity contribution in [2.45, 2.75) is 37.6 Å². The Labute approximate surface area is 114 Å². The van der Waals surface area contributed by atoms with Crippen LogP contribution in [0, 0.1) is 0 Å². The van der Waals surface area contributed by atoms with Crippen molar-refractivity contribution in [1.29, 1.82) is 0 Å². The summed E-state index contributed by atoms with van der Waals surface area (Å²) in [4.78, 5) is 19.9. The topological polar surface area (TPSA) is 177 Å². The van der Waals surface area contributed by atoms with E-state index in [0.717, 1.165) is 6.92 Å². The molecule has 0 saturated carbocycles. The third kappa shape index (κ3) is 5.77. The molecule has 20 heavy (non-hydrogen) atoms. The van der Waals surface area contributed by atoms with Crippen molar-refractivity contribution in [3.8, 4) is 0 Å². The molecular weight excluding hydrogens is 278 g/mol. The molecule has 0 aromatic rings. The molecule has 0 spiro atoms. The molecule has 10 heteroatoms. The molecule has 5 atom stereocenters. The summed E-state index contributed by atoms with van der Waals surface area (Å²) in [6, 6.07) is -1.25. The smallest absolute Gasteiger partial charge is 0.300 e. The zero-order valence-corrected chi connectivity index (χ0v) is 10.7. The van der Waals surface area contributed by atoms with Crippen LogP contribution < -0.4 is 5.32 Å². The molecule has 1 rings (SSSR count). The number of carboxylic acids is 1. The Hall–Kier alpha value is -1.30. The summed E-state index contributed by atoms with van der Waals surface area (Å²) in [6.07, 6.45) is -5.60. The van der Waals surface area contributed by atoms with Gasteiger partial charge in [0.25, 0.3) is 5.97 Å². The number of carbonyl (C=O) groups excluding carboxylic acids is 1. The maximum Gasteiger partial charge on any atom is 0.300 e. The van der Waals surface area contributed by atoms with Crippen LogP contribution >= 0.6 is 0 Å². The molecule has 0 aromatic carbocycles. The molecule has 0 radical (unpaired) electrons. The van der Waals surface area contributed by atoms with E-state index in [1.165, 1.54) is 0 Å². The quantitative estimate of drug-likeness (QED) is 0.273. The average molecular weight is 297 g/mol. The van der Waals surface area contributed by atoms with Crippen LogP contribution in [0.1, 0.15) is 6.92 Å². The highest BCUT2D eigenvalue weighted by molar-refractivity contribution is 5.77. The molecular formula is C10H19NO9. The second kappa shape index (κ2) is 8.79. The number of carbonyl (C=O) groups is 2. The molecule has 1 aliphatic heterocycles. The minimum absolute atomic E-state index is 0.573. The number of rotatable bonds is 3. The lowest BCUT2D eigenvalue weighted by atomic mass is 9.97. The first-order valence-corrected chi connectivity index (χ1v) is 5.64. The maximum atomic E-state index is 10.9. The Kier molecular flexibility index (Phi) is 8.22. The summed E-state index contributed by atoms with van der Waals surface area (Å²) in [7, 11) is 0. The van der Waals surface area contributed by atoms with Crippen molar-refractivity contribution in [3.63, 3.8) is 0 Å². The summed E-state index contributed by atoms with van der Waals surface area (Å²) in [5.74, 6) is -1.65. The fourth-order valence-corrected chi connectivity index (χ4v) is 1.48. The standard InChI is InChI=1S/C8H15NO7.C2H4O2/c10-1-3-6(13)7(14)5(8(15)16-3)9-4(12)2-11;1-2(3)4/h3,5-8,10-11,13-15H,1-2H2,(H,9,12);1H3,(H,3,4)/t3-,5+,6-,7-,8?;/m1./s1. The van der Waals surface area contributed by atoms with Gasteiger partial charge in [0.1, 0.15) is 31.0 Å². The van der Waals surface area contributed by atoms with Gasteiger partial charge in [-0.05, 0) is 0 Å². The lowest BCUT2D eigenvalue weighted by molar-refractivity contribution is -0.254. The fourth-order valence-electron chi connectivity index (χ4n) is 1.48. The Balaban J connectivity index is 0.000000796. The van der Waals surface area contributed by atoms with Gasteiger partial charge in [0.05, 0.1) is 6.61 Å². The third-order valence-electron chi connectivity index (χ3n) is 2.37. The number of hydrogen-bond acceptors (Lipinski definition) is 8. The fraction of sp³-hybridized carbons (Fsp3) is 0.800. The van der Waals surface area contributed by atoms with Crippen molar-refractivity contribution >= 4 is 11.9 Å². The summed E-state index contributed by atoms with van der Waals surface area (Å²) >= 11 is 0. The van der Waals surface area contributed by atoms with E-state index in [4.69, 9.17) is 24.9 Å². The Bertz CT molecular complexity index is 320. The van der Waals surface area contributed by atoms with Gasteiger partial charge in [0.2, 0.25) is 5.91 Å². The van der Waals surface area contributed by atoms with Crippen molar-refractivity contribution in [2.24, 2.45) is 0 Å². The van der Waals surface area contributed by atoms with E-state index in [1.54, 1.807) is 0 Å². The first kappa shape index (κ1) is 18.7. The molecule has 1 heterocycles. The van der Waals surface area contributed by atoms with Gasteiger partial charge >= 0.3 is 0 Å². The van der Waals surface area contributed by atoms with Gasteiger partial charge in [0, 0.05) is 6.92 Å². The van der Waals surface area contributed by atoms with Gasteiger partial charge in [-0.15, -0.1) is 0 Å². The van der Waals surface area contributed by atoms with Crippen LogP contribution in [0.25, 0.3) is 0 Å². The van der Waals surface area contributed by atoms with Crippen LogP contribution in [0.3, 0.4) is 0 Å². The average Bonchev–Trinajstić information content (AvgIpc) is 2.37. The summed E-state index contributed by atoms with van der Waals surface area (Å²) in [6.45, 7) is -0.300. The minimum Gasteiger partial charge on any atom is -0.481 e. The normalized spacial score (nSPS) is 32.8. The molecule has 1 aliphatic rings. The van der Waals surface area contributed by atoms with E-state index in [9.17, 15) is 20.1 Å². The first-order valence-electron chi connectivity index (χ1n) is 5.64. The molecule has 1 amide bonds. The number of amides is 1. The van der Waals surface area contributed by atoms with Gasteiger partial charge in [-0.3, -0.25) is 9.59 Å². The molecule has 10 nitrogen and oxygen atoms in total. The zero-order valence-electron chi connectivity index (χ0n) is 10.7. The maximum absolute atomic E-state index is 10.9. The molecule has 0 aliphatic carbocycles. The highest BCUT2D eigenvalue weighted by atomic mass is 16.6. The SMILES string of the molecule is CC(=O)O.O=C(CO)N[C@@H]1C(O)O[C@H](CO)[C@@H](O)[C@@H]1O. The Morgan fingerprint density at radius 2 is 1.65 bits per heavy atom. The van der Waals surface area contributed by atoms with E-state index < -0.39 is 55.7 Å². The minimum atomic E-state index is -1.56. The van der Waals surface area contributed by atoms with E-state index >= 15 is 0 Å². The van der Waals surface area contributed by atoms with E-state index in [0.29, 0.717) is 0 Å². The van der Waals surface area contributed by atoms with Gasteiger partial charge < -0.3 is 40.7 Å². The van der Waals surface area contributed by atoms with Crippen LogP contribution in [0.5, 0.6) is 0 Å².